The Labute approximate surface area is 108 Å². The van der Waals surface area contributed by atoms with Gasteiger partial charge in [0.2, 0.25) is 0 Å². The molecule has 0 fully saturated rings. The van der Waals surface area contributed by atoms with Gasteiger partial charge in [-0.05, 0) is 25.5 Å². The molecule has 3 nitrogen and oxygen atoms in total. The lowest BCUT2D eigenvalue weighted by Gasteiger charge is -2.07. The van der Waals surface area contributed by atoms with E-state index >= 15 is 0 Å². The molecule has 0 aliphatic carbocycles. The average Bonchev–Trinajstić information content (AvgIpc) is 2.30. The minimum Gasteiger partial charge on any atom is -0.428 e. The van der Waals surface area contributed by atoms with Gasteiger partial charge >= 0.3 is 5.63 Å². The molecule has 18 heavy (non-hydrogen) atoms. The minimum absolute atomic E-state index is 0.350. The highest BCUT2D eigenvalue weighted by Crippen LogP contribution is 2.28. The van der Waals surface area contributed by atoms with E-state index in [2.05, 4.69) is 4.98 Å². The highest BCUT2D eigenvalue weighted by Gasteiger charge is 2.12. The number of aryl methyl sites for hydroxylation is 2. The molecule has 0 amide bonds. The summed E-state index contributed by atoms with van der Waals surface area (Å²) in [6.45, 7) is 3.61. The van der Waals surface area contributed by atoms with Crippen LogP contribution in [-0.4, -0.2) is 4.98 Å². The van der Waals surface area contributed by atoms with Crippen LogP contribution in [0.5, 0.6) is 0 Å². The van der Waals surface area contributed by atoms with Crippen molar-refractivity contribution in [2.45, 2.75) is 13.8 Å². The van der Waals surface area contributed by atoms with Gasteiger partial charge in [-0.2, -0.15) is 0 Å². The van der Waals surface area contributed by atoms with E-state index in [1.54, 1.807) is 19.1 Å². The first kappa shape index (κ1) is 11.2. The predicted molar refractivity (Wildman–Crippen MR) is 72.3 cm³/mol. The van der Waals surface area contributed by atoms with Gasteiger partial charge < -0.3 is 4.42 Å². The summed E-state index contributed by atoms with van der Waals surface area (Å²) in [5, 5.41) is 1.99. The second-order valence-corrected chi connectivity index (χ2v) is 4.68. The van der Waals surface area contributed by atoms with Gasteiger partial charge in [0.05, 0.1) is 21.4 Å². The average molecular weight is 260 g/mol. The van der Waals surface area contributed by atoms with Crippen molar-refractivity contribution in [3.63, 3.8) is 0 Å². The summed E-state index contributed by atoms with van der Waals surface area (Å²) in [5.74, 6) is 0.547. The SMILES string of the molecule is Cc1cc2nc3c(Cl)cccc3c(C)c2c(=O)o1. The van der Waals surface area contributed by atoms with Gasteiger partial charge in [0.15, 0.2) is 0 Å². The molecule has 0 spiro atoms. The van der Waals surface area contributed by atoms with Crippen LogP contribution in [0.4, 0.5) is 0 Å². The highest BCUT2D eigenvalue weighted by atomic mass is 35.5. The lowest BCUT2D eigenvalue weighted by atomic mass is 10.1. The summed E-state index contributed by atoms with van der Waals surface area (Å²) in [5.41, 5.74) is 1.85. The number of benzene rings is 1. The van der Waals surface area contributed by atoms with Gasteiger partial charge in [-0.25, -0.2) is 9.78 Å². The van der Waals surface area contributed by atoms with Crippen molar-refractivity contribution in [3.8, 4) is 0 Å². The fourth-order valence-corrected chi connectivity index (χ4v) is 2.43. The summed E-state index contributed by atoms with van der Waals surface area (Å²) in [7, 11) is 0. The van der Waals surface area contributed by atoms with Crippen LogP contribution in [0.1, 0.15) is 11.3 Å². The smallest absolute Gasteiger partial charge is 0.345 e. The molecule has 1 aromatic carbocycles. The molecule has 90 valence electrons. The van der Waals surface area contributed by atoms with E-state index in [9.17, 15) is 4.79 Å². The van der Waals surface area contributed by atoms with E-state index in [0.29, 0.717) is 27.2 Å². The third-order valence-corrected chi connectivity index (χ3v) is 3.36. The molecule has 0 atom stereocenters. The molecule has 3 aromatic rings. The summed E-state index contributed by atoms with van der Waals surface area (Å²) >= 11 is 6.14. The summed E-state index contributed by atoms with van der Waals surface area (Å²) in [6.07, 6.45) is 0. The predicted octanol–water partition coefficient (Wildman–Crippen LogP) is 3.61. The molecule has 2 heterocycles. The van der Waals surface area contributed by atoms with Crippen LogP contribution in [0, 0.1) is 13.8 Å². The molecular formula is C14H10ClNO2. The molecule has 0 bridgehead atoms. The van der Waals surface area contributed by atoms with E-state index in [1.165, 1.54) is 0 Å². The quantitative estimate of drug-likeness (QED) is 0.579. The van der Waals surface area contributed by atoms with Crippen molar-refractivity contribution in [2.75, 3.05) is 0 Å². The van der Waals surface area contributed by atoms with Gasteiger partial charge in [0, 0.05) is 11.5 Å². The van der Waals surface area contributed by atoms with Crippen molar-refractivity contribution in [1.29, 1.82) is 0 Å². The fourth-order valence-electron chi connectivity index (χ4n) is 2.22. The Morgan fingerprint density at radius 2 is 2.06 bits per heavy atom. The monoisotopic (exact) mass is 259 g/mol. The zero-order valence-electron chi connectivity index (χ0n) is 9.95. The van der Waals surface area contributed by atoms with E-state index in [1.807, 2.05) is 19.1 Å². The Kier molecular flexibility index (Phi) is 2.38. The van der Waals surface area contributed by atoms with Crippen molar-refractivity contribution in [2.24, 2.45) is 0 Å². The first-order chi connectivity index (χ1) is 8.58. The van der Waals surface area contributed by atoms with Crippen molar-refractivity contribution >= 4 is 33.4 Å². The lowest BCUT2D eigenvalue weighted by Crippen LogP contribution is -2.04. The van der Waals surface area contributed by atoms with Crippen molar-refractivity contribution in [3.05, 3.63) is 51.0 Å². The maximum atomic E-state index is 11.9. The minimum atomic E-state index is -0.350. The molecule has 0 saturated carbocycles. The molecule has 0 saturated heterocycles. The van der Waals surface area contributed by atoms with Gasteiger partial charge in [0.1, 0.15) is 5.76 Å². The number of pyridine rings is 1. The summed E-state index contributed by atoms with van der Waals surface area (Å²) in [4.78, 5) is 16.4. The molecular weight excluding hydrogens is 250 g/mol. The van der Waals surface area contributed by atoms with Gasteiger partial charge in [-0.1, -0.05) is 23.7 Å². The third-order valence-electron chi connectivity index (χ3n) is 3.05. The fraction of sp³-hybridized carbons (Fsp3) is 0.143. The second kappa shape index (κ2) is 3.82. The Bertz CT molecular complexity index is 836. The van der Waals surface area contributed by atoms with Crippen LogP contribution in [0.3, 0.4) is 0 Å². The molecule has 0 unspecified atom stereocenters. The van der Waals surface area contributed by atoms with E-state index in [0.717, 1.165) is 10.9 Å². The number of fused-ring (bicyclic) bond motifs is 2. The van der Waals surface area contributed by atoms with Crippen LogP contribution in [0.15, 0.2) is 33.5 Å². The molecule has 4 heteroatoms. The van der Waals surface area contributed by atoms with E-state index < -0.39 is 0 Å². The molecule has 0 radical (unpaired) electrons. The summed E-state index contributed by atoms with van der Waals surface area (Å²) < 4.78 is 5.12. The topological polar surface area (TPSA) is 43.1 Å². The molecule has 0 aliphatic rings. The largest absolute Gasteiger partial charge is 0.428 e. The standard InChI is InChI=1S/C14H10ClNO2/c1-7-6-11-12(14(17)18-7)8(2)9-4-3-5-10(15)13(9)16-11/h3-6H,1-2H3. The lowest BCUT2D eigenvalue weighted by molar-refractivity contribution is 0.488. The van der Waals surface area contributed by atoms with Crippen LogP contribution < -0.4 is 5.63 Å². The van der Waals surface area contributed by atoms with Crippen LogP contribution in [0.2, 0.25) is 5.02 Å². The number of rotatable bonds is 0. The molecule has 0 N–H and O–H groups in total. The molecule has 0 aliphatic heterocycles. The number of hydrogen-bond donors (Lipinski definition) is 0. The van der Waals surface area contributed by atoms with Gasteiger partial charge in [0.25, 0.3) is 0 Å². The first-order valence-electron chi connectivity index (χ1n) is 5.57. The van der Waals surface area contributed by atoms with Crippen LogP contribution >= 0.6 is 11.6 Å². The number of nitrogens with zero attached hydrogens (tertiary/aromatic N) is 1. The van der Waals surface area contributed by atoms with Crippen LogP contribution in [-0.2, 0) is 0 Å². The van der Waals surface area contributed by atoms with Crippen molar-refractivity contribution in [1.82, 2.24) is 4.98 Å². The van der Waals surface area contributed by atoms with Crippen LogP contribution in [0.25, 0.3) is 21.8 Å². The zero-order chi connectivity index (χ0) is 12.9. The first-order valence-corrected chi connectivity index (χ1v) is 5.95. The summed E-state index contributed by atoms with van der Waals surface area (Å²) in [6, 6.07) is 7.30. The molecule has 2 aromatic heterocycles. The Morgan fingerprint density at radius 1 is 1.28 bits per heavy atom. The number of halogens is 1. The Morgan fingerprint density at radius 3 is 2.83 bits per heavy atom. The van der Waals surface area contributed by atoms with E-state index in [4.69, 9.17) is 16.0 Å². The normalized spacial score (nSPS) is 11.3. The van der Waals surface area contributed by atoms with Crippen molar-refractivity contribution < 1.29 is 4.42 Å². The second-order valence-electron chi connectivity index (χ2n) is 4.28. The number of aromatic nitrogens is 1. The molecule has 3 rings (SSSR count). The van der Waals surface area contributed by atoms with Gasteiger partial charge in [-0.3, -0.25) is 0 Å². The maximum absolute atomic E-state index is 11.9. The Balaban J connectivity index is 2.65. The zero-order valence-corrected chi connectivity index (χ0v) is 10.7. The third kappa shape index (κ3) is 1.51. The number of hydrogen-bond acceptors (Lipinski definition) is 3. The van der Waals surface area contributed by atoms with Gasteiger partial charge in [-0.15, -0.1) is 0 Å². The number of para-hydroxylation sites is 1. The Hall–Kier alpha value is -1.87. The highest BCUT2D eigenvalue weighted by molar-refractivity contribution is 6.35. The maximum Gasteiger partial charge on any atom is 0.345 e. The van der Waals surface area contributed by atoms with E-state index in [-0.39, 0.29) is 5.63 Å².